The Morgan fingerprint density at radius 1 is 1.41 bits per heavy atom. The Balaban J connectivity index is 2.29. The molecule has 1 fully saturated rings. The highest BCUT2D eigenvalue weighted by Crippen LogP contribution is 2.25. The summed E-state index contributed by atoms with van der Waals surface area (Å²) in [7, 11) is 1.91. The molecule has 0 bridgehead atoms. The molecule has 0 amide bonds. The van der Waals surface area contributed by atoms with E-state index in [2.05, 4.69) is 41.0 Å². The van der Waals surface area contributed by atoms with E-state index in [0.29, 0.717) is 5.92 Å². The molecule has 1 aliphatic rings. The lowest BCUT2D eigenvalue weighted by Crippen LogP contribution is -2.21. The summed E-state index contributed by atoms with van der Waals surface area (Å²) in [4.78, 5) is 11.5. The normalized spacial score (nSPS) is 20.1. The van der Waals surface area contributed by atoms with Gasteiger partial charge in [-0.05, 0) is 12.3 Å². The Morgan fingerprint density at radius 2 is 2.18 bits per heavy atom. The molecule has 17 heavy (non-hydrogen) atoms. The average Bonchev–Trinajstić information content (AvgIpc) is 2.75. The SMILES string of the molecule is CNc1cc(N2CCC(C)C2)nc(C(C)C)n1. The van der Waals surface area contributed by atoms with Crippen LogP contribution in [0.25, 0.3) is 0 Å². The molecule has 0 radical (unpaired) electrons. The van der Waals surface area contributed by atoms with Gasteiger partial charge in [0.25, 0.3) is 0 Å². The quantitative estimate of drug-likeness (QED) is 0.872. The lowest BCUT2D eigenvalue weighted by atomic mass is 10.2. The zero-order chi connectivity index (χ0) is 12.4. The fraction of sp³-hybridized carbons (Fsp3) is 0.692. The number of aromatic nitrogens is 2. The molecule has 94 valence electrons. The molecule has 0 aliphatic carbocycles. The van der Waals surface area contributed by atoms with E-state index in [1.54, 1.807) is 0 Å². The van der Waals surface area contributed by atoms with Crippen molar-refractivity contribution in [1.82, 2.24) is 9.97 Å². The van der Waals surface area contributed by atoms with Crippen LogP contribution in [0.15, 0.2) is 6.07 Å². The van der Waals surface area contributed by atoms with Gasteiger partial charge in [0.15, 0.2) is 0 Å². The van der Waals surface area contributed by atoms with Crippen molar-refractivity contribution in [2.24, 2.45) is 5.92 Å². The van der Waals surface area contributed by atoms with E-state index in [1.807, 2.05) is 13.1 Å². The fourth-order valence-corrected chi connectivity index (χ4v) is 2.14. The zero-order valence-corrected chi connectivity index (χ0v) is 11.2. The van der Waals surface area contributed by atoms with Crippen LogP contribution in [-0.2, 0) is 0 Å². The summed E-state index contributed by atoms with van der Waals surface area (Å²) in [6.45, 7) is 8.77. The van der Waals surface area contributed by atoms with Gasteiger partial charge in [-0.25, -0.2) is 9.97 Å². The number of nitrogens with zero attached hydrogens (tertiary/aromatic N) is 3. The largest absolute Gasteiger partial charge is 0.373 e. The van der Waals surface area contributed by atoms with E-state index in [4.69, 9.17) is 0 Å². The maximum absolute atomic E-state index is 4.67. The fourth-order valence-electron chi connectivity index (χ4n) is 2.14. The minimum atomic E-state index is 0.363. The highest BCUT2D eigenvalue weighted by Gasteiger charge is 2.21. The summed E-state index contributed by atoms with van der Waals surface area (Å²) < 4.78 is 0. The number of anilines is 2. The van der Waals surface area contributed by atoms with E-state index in [9.17, 15) is 0 Å². The molecular weight excluding hydrogens is 212 g/mol. The van der Waals surface area contributed by atoms with Gasteiger partial charge in [-0.15, -0.1) is 0 Å². The minimum Gasteiger partial charge on any atom is -0.373 e. The van der Waals surface area contributed by atoms with Gasteiger partial charge in [-0.2, -0.15) is 0 Å². The van der Waals surface area contributed by atoms with Gasteiger partial charge >= 0.3 is 0 Å². The number of hydrogen-bond acceptors (Lipinski definition) is 4. The molecule has 0 aromatic carbocycles. The predicted molar refractivity (Wildman–Crippen MR) is 71.7 cm³/mol. The van der Waals surface area contributed by atoms with Crippen LogP contribution in [0.2, 0.25) is 0 Å². The predicted octanol–water partition coefficient (Wildman–Crippen LogP) is 2.49. The van der Waals surface area contributed by atoms with Gasteiger partial charge in [-0.3, -0.25) is 0 Å². The van der Waals surface area contributed by atoms with Crippen LogP contribution in [0.1, 0.15) is 38.9 Å². The standard InChI is InChI=1S/C13H22N4/c1-9(2)13-15-11(14-4)7-12(16-13)17-6-5-10(3)8-17/h7,9-10H,5-6,8H2,1-4H3,(H,14,15,16). The second kappa shape index (κ2) is 4.90. The maximum Gasteiger partial charge on any atom is 0.135 e. The molecule has 1 unspecified atom stereocenters. The first-order valence-electron chi connectivity index (χ1n) is 6.42. The highest BCUT2D eigenvalue weighted by atomic mass is 15.2. The molecule has 0 saturated carbocycles. The van der Waals surface area contributed by atoms with E-state index in [-0.39, 0.29) is 0 Å². The molecule has 1 aromatic rings. The molecule has 2 heterocycles. The number of rotatable bonds is 3. The van der Waals surface area contributed by atoms with Crippen molar-refractivity contribution in [2.75, 3.05) is 30.4 Å². The van der Waals surface area contributed by atoms with Crippen LogP contribution < -0.4 is 10.2 Å². The second-order valence-corrected chi connectivity index (χ2v) is 5.21. The van der Waals surface area contributed by atoms with Crippen molar-refractivity contribution in [3.63, 3.8) is 0 Å². The van der Waals surface area contributed by atoms with E-state index < -0.39 is 0 Å². The Labute approximate surface area is 103 Å². The summed E-state index contributed by atoms with van der Waals surface area (Å²) >= 11 is 0. The molecule has 1 atom stereocenters. The maximum atomic E-state index is 4.67. The summed E-state index contributed by atoms with van der Waals surface area (Å²) in [6, 6.07) is 2.05. The molecule has 0 spiro atoms. The van der Waals surface area contributed by atoms with Gasteiger partial charge in [0.2, 0.25) is 0 Å². The molecule has 4 nitrogen and oxygen atoms in total. The van der Waals surface area contributed by atoms with Crippen LogP contribution >= 0.6 is 0 Å². The van der Waals surface area contributed by atoms with Crippen molar-refractivity contribution < 1.29 is 0 Å². The summed E-state index contributed by atoms with van der Waals surface area (Å²) in [6.07, 6.45) is 1.26. The number of nitrogens with one attached hydrogen (secondary N) is 1. The smallest absolute Gasteiger partial charge is 0.135 e. The van der Waals surface area contributed by atoms with Crippen LogP contribution in [0, 0.1) is 5.92 Å². The lowest BCUT2D eigenvalue weighted by Gasteiger charge is -2.19. The van der Waals surface area contributed by atoms with Gasteiger partial charge in [0.05, 0.1) is 0 Å². The summed E-state index contributed by atoms with van der Waals surface area (Å²) in [5.74, 6) is 4.04. The monoisotopic (exact) mass is 234 g/mol. The third-order valence-electron chi connectivity index (χ3n) is 3.25. The average molecular weight is 234 g/mol. The van der Waals surface area contributed by atoms with E-state index >= 15 is 0 Å². The molecular formula is C13H22N4. The van der Waals surface area contributed by atoms with Crippen LogP contribution in [0.4, 0.5) is 11.6 Å². The first kappa shape index (κ1) is 12.1. The molecule has 4 heteroatoms. The molecule has 1 N–H and O–H groups in total. The topological polar surface area (TPSA) is 41.0 Å². The van der Waals surface area contributed by atoms with Crippen LogP contribution in [0.3, 0.4) is 0 Å². The Morgan fingerprint density at radius 3 is 2.71 bits per heavy atom. The summed E-state index contributed by atoms with van der Waals surface area (Å²) in [5.41, 5.74) is 0. The van der Waals surface area contributed by atoms with Crippen molar-refractivity contribution in [1.29, 1.82) is 0 Å². The Bertz CT molecular complexity index is 389. The van der Waals surface area contributed by atoms with Crippen LogP contribution in [-0.4, -0.2) is 30.1 Å². The van der Waals surface area contributed by atoms with Gasteiger partial charge in [0.1, 0.15) is 17.5 Å². The first-order valence-corrected chi connectivity index (χ1v) is 6.42. The highest BCUT2D eigenvalue weighted by molar-refractivity contribution is 5.50. The Kier molecular flexibility index (Phi) is 3.50. The molecule has 1 aliphatic heterocycles. The van der Waals surface area contributed by atoms with Crippen molar-refractivity contribution >= 4 is 11.6 Å². The van der Waals surface area contributed by atoms with Crippen LogP contribution in [0.5, 0.6) is 0 Å². The third kappa shape index (κ3) is 2.68. The first-order chi connectivity index (χ1) is 8.10. The number of hydrogen-bond donors (Lipinski definition) is 1. The van der Waals surface area contributed by atoms with E-state index in [1.165, 1.54) is 6.42 Å². The lowest BCUT2D eigenvalue weighted by molar-refractivity contribution is 0.658. The zero-order valence-electron chi connectivity index (χ0n) is 11.2. The molecule has 2 rings (SSSR count). The second-order valence-electron chi connectivity index (χ2n) is 5.21. The minimum absolute atomic E-state index is 0.363. The molecule has 1 aromatic heterocycles. The Hall–Kier alpha value is -1.32. The third-order valence-corrected chi connectivity index (χ3v) is 3.25. The van der Waals surface area contributed by atoms with Gasteiger partial charge < -0.3 is 10.2 Å². The van der Waals surface area contributed by atoms with E-state index in [0.717, 1.165) is 36.5 Å². The van der Waals surface area contributed by atoms with Crippen molar-refractivity contribution in [3.8, 4) is 0 Å². The van der Waals surface area contributed by atoms with Gasteiger partial charge in [-0.1, -0.05) is 20.8 Å². The van der Waals surface area contributed by atoms with Gasteiger partial charge in [0, 0.05) is 32.1 Å². The van der Waals surface area contributed by atoms with Crippen molar-refractivity contribution in [2.45, 2.75) is 33.1 Å². The molecule has 1 saturated heterocycles. The van der Waals surface area contributed by atoms with Crippen molar-refractivity contribution in [3.05, 3.63) is 11.9 Å². The summed E-state index contributed by atoms with van der Waals surface area (Å²) in [5, 5.41) is 3.12.